The lowest BCUT2D eigenvalue weighted by Crippen LogP contribution is -2.24. The van der Waals surface area contributed by atoms with Crippen LogP contribution in [0.15, 0.2) is 79.3 Å². The lowest BCUT2D eigenvalue weighted by atomic mass is 9.94. The number of hydrogen-bond acceptors (Lipinski definition) is 6. The van der Waals surface area contributed by atoms with E-state index in [4.69, 9.17) is 4.74 Å². The molecule has 200 valence electrons. The van der Waals surface area contributed by atoms with Crippen LogP contribution in [0.25, 0.3) is 11.1 Å². The summed E-state index contributed by atoms with van der Waals surface area (Å²) in [7, 11) is 0. The summed E-state index contributed by atoms with van der Waals surface area (Å²) in [5, 5.41) is 6.34. The highest BCUT2D eigenvalue weighted by atomic mass is 16.5. The predicted octanol–water partition coefficient (Wildman–Crippen LogP) is 6.21. The van der Waals surface area contributed by atoms with E-state index in [1.54, 1.807) is 12.4 Å². The summed E-state index contributed by atoms with van der Waals surface area (Å²) in [6.07, 6.45) is 7.37. The van der Waals surface area contributed by atoms with Crippen LogP contribution in [0.1, 0.15) is 49.3 Å². The van der Waals surface area contributed by atoms with Gasteiger partial charge in [0.05, 0.1) is 23.8 Å². The molecule has 0 radical (unpaired) electrons. The predicted molar refractivity (Wildman–Crippen MR) is 154 cm³/mol. The summed E-state index contributed by atoms with van der Waals surface area (Å²) in [5.74, 6) is 1.85. The van der Waals surface area contributed by atoms with E-state index in [0.717, 1.165) is 53.2 Å². The molecule has 3 aliphatic rings. The zero-order chi connectivity index (χ0) is 27.2. The van der Waals surface area contributed by atoms with Crippen molar-refractivity contribution in [2.75, 3.05) is 22.1 Å². The molecule has 2 aromatic heterocycles. The van der Waals surface area contributed by atoms with Crippen molar-refractivity contribution in [1.29, 1.82) is 0 Å². The van der Waals surface area contributed by atoms with Gasteiger partial charge in [-0.25, -0.2) is 4.98 Å². The highest BCUT2D eigenvalue weighted by Crippen LogP contribution is 2.48. The van der Waals surface area contributed by atoms with E-state index in [9.17, 15) is 9.59 Å². The van der Waals surface area contributed by atoms with E-state index < -0.39 is 0 Å². The van der Waals surface area contributed by atoms with E-state index in [0.29, 0.717) is 17.9 Å². The lowest BCUT2D eigenvalue weighted by Gasteiger charge is -2.28. The number of benzene rings is 2. The Morgan fingerprint density at radius 2 is 1.85 bits per heavy atom. The van der Waals surface area contributed by atoms with Gasteiger partial charge >= 0.3 is 0 Å². The molecule has 2 aliphatic heterocycles. The summed E-state index contributed by atoms with van der Waals surface area (Å²) in [6.45, 7) is 2.76. The molecule has 1 saturated heterocycles. The minimum absolute atomic E-state index is 0.0154. The Labute approximate surface area is 232 Å². The number of amides is 2. The van der Waals surface area contributed by atoms with Gasteiger partial charge < -0.3 is 20.3 Å². The van der Waals surface area contributed by atoms with Gasteiger partial charge in [0.25, 0.3) is 0 Å². The zero-order valence-corrected chi connectivity index (χ0v) is 22.1. The zero-order valence-electron chi connectivity index (χ0n) is 22.1. The van der Waals surface area contributed by atoms with E-state index >= 15 is 0 Å². The number of carbonyl (C=O) groups excluding carboxylic acids is 2. The Bertz CT molecular complexity index is 1620. The van der Waals surface area contributed by atoms with Gasteiger partial charge in [-0.1, -0.05) is 30.3 Å². The number of fused-ring (bicyclic) bond motifs is 3. The van der Waals surface area contributed by atoms with Crippen LogP contribution in [0.5, 0.6) is 5.75 Å². The second-order valence-electron chi connectivity index (χ2n) is 10.7. The van der Waals surface area contributed by atoms with Crippen LogP contribution in [0.2, 0.25) is 0 Å². The third-order valence-electron chi connectivity index (χ3n) is 7.95. The van der Waals surface area contributed by atoms with Gasteiger partial charge in [-0.2, -0.15) is 0 Å². The van der Waals surface area contributed by atoms with Gasteiger partial charge in [0.15, 0.2) is 0 Å². The van der Waals surface area contributed by atoms with Crippen molar-refractivity contribution in [3.63, 3.8) is 0 Å². The van der Waals surface area contributed by atoms with Gasteiger partial charge in [0.1, 0.15) is 17.7 Å². The first-order chi connectivity index (χ1) is 19.5. The van der Waals surface area contributed by atoms with Crippen LogP contribution in [-0.4, -0.2) is 28.3 Å². The number of rotatable bonds is 6. The van der Waals surface area contributed by atoms with Crippen molar-refractivity contribution >= 4 is 34.7 Å². The van der Waals surface area contributed by atoms with E-state index in [1.165, 1.54) is 5.56 Å². The van der Waals surface area contributed by atoms with Crippen LogP contribution in [0.4, 0.5) is 22.9 Å². The fourth-order valence-electron chi connectivity index (χ4n) is 5.79. The number of ether oxygens (including phenoxy) is 1. The normalized spacial score (nSPS) is 20.8. The van der Waals surface area contributed by atoms with Gasteiger partial charge in [-0.15, -0.1) is 0 Å². The molecule has 2 aromatic carbocycles. The van der Waals surface area contributed by atoms with E-state index in [2.05, 4.69) is 32.7 Å². The summed E-state index contributed by atoms with van der Waals surface area (Å²) >= 11 is 0. The van der Waals surface area contributed by atoms with E-state index in [1.807, 2.05) is 66.6 Å². The van der Waals surface area contributed by atoms with Crippen molar-refractivity contribution in [1.82, 2.24) is 9.97 Å². The monoisotopic (exact) mass is 531 g/mol. The first-order valence-electron chi connectivity index (χ1n) is 13.7. The van der Waals surface area contributed by atoms with Crippen molar-refractivity contribution in [3.05, 3.63) is 90.4 Å². The fourth-order valence-corrected chi connectivity index (χ4v) is 5.79. The van der Waals surface area contributed by atoms with Crippen molar-refractivity contribution in [3.8, 4) is 16.9 Å². The molecule has 2 N–H and O–H groups in total. The Kier molecular flexibility index (Phi) is 5.95. The molecular weight excluding hydrogens is 502 g/mol. The molecule has 8 nitrogen and oxygen atoms in total. The SMILES string of the molecule is CC1Oc2cc(N3CCCC3=O)ccc2-c2cnc(Nc3cncc(NC(=O)[C@H]4C[C@@H]4c4ccccc4)c3)cc21. The quantitative estimate of drug-likeness (QED) is 0.307. The summed E-state index contributed by atoms with van der Waals surface area (Å²) in [4.78, 5) is 35.8. The highest BCUT2D eigenvalue weighted by molar-refractivity contribution is 5.96. The smallest absolute Gasteiger partial charge is 0.228 e. The standard InChI is InChI=1S/C32H29N5O3/c1-19-25-15-30(34-18-28(25)24-10-9-23(13-29(24)40-19)37-11-5-8-31(37)38)35-21-12-22(17-33-16-21)36-32(39)27-14-26(27)20-6-3-2-4-7-20/h2-4,6-7,9-10,12-13,15-19,26-27H,5,8,11,14H2,1H3,(H,34,35)(H,36,39)/t19?,26-,27+/m1/s1. The van der Waals surface area contributed by atoms with Gasteiger partial charge in [-0.3, -0.25) is 14.6 Å². The van der Waals surface area contributed by atoms with Crippen LogP contribution >= 0.6 is 0 Å². The maximum Gasteiger partial charge on any atom is 0.228 e. The third kappa shape index (κ3) is 4.55. The second kappa shape index (κ2) is 9.79. The molecule has 8 heteroatoms. The highest BCUT2D eigenvalue weighted by Gasteiger charge is 2.43. The first kappa shape index (κ1) is 24.3. The van der Waals surface area contributed by atoms with Crippen LogP contribution in [0, 0.1) is 5.92 Å². The van der Waals surface area contributed by atoms with Gasteiger partial charge in [0.2, 0.25) is 11.8 Å². The molecule has 1 aliphatic carbocycles. The number of aromatic nitrogens is 2. The topological polar surface area (TPSA) is 96.4 Å². The largest absolute Gasteiger partial charge is 0.485 e. The van der Waals surface area contributed by atoms with Crippen LogP contribution < -0.4 is 20.3 Å². The molecule has 1 saturated carbocycles. The maximum atomic E-state index is 12.8. The maximum absolute atomic E-state index is 12.8. The lowest BCUT2D eigenvalue weighted by molar-refractivity contribution is -0.118. The molecule has 2 amide bonds. The fraction of sp³-hybridized carbons (Fsp3) is 0.250. The Balaban J connectivity index is 1.06. The summed E-state index contributed by atoms with van der Waals surface area (Å²) in [5.41, 5.74) is 6.44. The minimum atomic E-state index is -0.185. The Morgan fingerprint density at radius 1 is 1.00 bits per heavy atom. The number of pyridine rings is 2. The Morgan fingerprint density at radius 3 is 2.67 bits per heavy atom. The average molecular weight is 532 g/mol. The van der Waals surface area contributed by atoms with Crippen molar-refractivity contribution in [2.45, 2.75) is 38.2 Å². The molecule has 2 fully saturated rings. The molecule has 0 bridgehead atoms. The number of anilines is 4. The molecule has 0 spiro atoms. The third-order valence-corrected chi connectivity index (χ3v) is 7.95. The van der Waals surface area contributed by atoms with Gasteiger partial charge in [0, 0.05) is 53.5 Å². The first-order valence-corrected chi connectivity index (χ1v) is 13.7. The van der Waals surface area contributed by atoms with Gasteiger partial charge in [-0.05, 0) is 55.5 Å². The Hall–Kier alpha value is -4.72. The molecule has 4 aromatic rings. The summed E-state index contributed by atoms with van der Waals surface area (Å²) in [6, 6.07) is 20.0. The van der Waals surface area contributed by atoms with Crippen LogP contribution in [-0.2, 0) is 9.59 Å². The number of carbonyl (C=O) groups is 2. The van der Waals surface area contributed by atoms with Crippen molar-refractivity contribution in [2.24, 2.45) is 5.92 Å². The molecule has 40 heavy (non-hydrogen) atoms. The number of hydrogen-bond donors (Lipinski definition) is 2. The molecular formula is C32H29N5O3. The van der Waals surface area contributed by atoms with Crippen LogP contribution in [0.3, 0.4) is 0 Å². The second-order valence-corrected chi connectivity index (χ2v) is 10.7. The number of nitrogens with one attached hydrogen (secondary N) is 2. The molecule has 1 unspecified atom stereocenters. The molecule has 7 rings (SSSR count). The van der Waals surface area contributed by atoms with Crippen molar-refractivity contribution < 1.29 is 14.3 Å². The molecule has 4 heterocycles. The van der Waals surface area contributed by atoms with E-state index in [-0.39, 0.29) is 29.8 Å². The summed E-state index contributed by atoms with van der Waals surface area (Å²) < 4.78 is 6.28. The minimum Gasteiger partial charge on any atom is -0.485 e. The molecule has 3 atom stereocenters. The average Bonchev–Trinajstić information content (AvgIpc) is 3.67. The number of nitrogens with zero attached hydrogens (tertiary/aromatic N) is 3.